The Morgan fingerprint density at radius 2 is 1.14 bits per heavy atom. The first-order valence-corrected chi connectivity index (χ1v) is 9.15. The quantitative estimate of drug-likeness (QED) is 0.379. The molecule has 3 nitrogen and oxygen atoms in total. The predicted molar refractivity (Wildman–Crippen MR) is 87.7 cm³/mol. The lowest BCUT2D eigenvalue weighted by molar-refractivity contribution is -0.135. The molecule has 0 aliphatic rings. The van der Waals surface area contributed by atoms with Gasteiger partial charge in [-0.3, -0.25) is 0 Å². The van der Waals surface area contributed by atoms with Crippen molar-refractivity contribution < 1.29 is 44.6 Å². The average molecular weight is 461 g/mol. The fourth-order valence-electron chi connectivity index (χ4n) is 2.01. The molecule has 0 saturated heterocycles. The molecule has 3 aromatic heterocycles. The van der Waals surface area contributed by atoms with Crippen LogP contribution < -0.4 is 9.47 Å². The summed E-state index contributed by atoms with van der Waals surface area (Å²) in [6, 6.07) is 1.19. The van der Waals surface area contributed by atoms with Crippen LogP contribution in [-0.4, -0.2) is 4.98 Å². The van der Waals surface area contributed by atoms with Gasteiger partial charge in [-0.2, -0.15) is 31.3 Å². The van der Waals surface area contributed by atoms with E-state index in [0.29, 0.717) is 34.8 Å². The number of aromatic nitrogens is 1. The predicted octanol–water partition coefficient (Wildman–Crippen LogP) is 7.41. The summed E-state index contributed by atoms with van der Waals surface area (Å²) in [5.41, 5.74) is -0.637. The normalized spacial score (nSPS) is 12.3. The monoisotopic (exact) mass is 461 g/mol. The number of thiophene rings is 2. The van der Waals surface area contributed by atoms with Crippen molar-refractivity contribution in [3.63, 3.8) is 0 Å². The van der Waals surface area contributed by atoms with Crippen molar-refractivity contribution >= 4 is 22.7 Å². The minimum Gasteiger partial charge on any atom is -0.435 e. The molecule has 0 atom stereocenters. The zero-order valence-electron chi connectivity index (χ0n) is 13.9. The lowest BCUT2D eigenvalue weighted by Gasteiger charge is -2.11. The van der Waals surface area contributed by atoms with Crippen LogP contribution in [0.2, 0.25) is 0 Å². The molecule has 0 amide bonds. The number of rotatable bonds is 4. The molecular formula is C16H7F8NO2S2. The Labute approximate surface area is 165 Å². The number of halogens is 8. The van der Waals surface area contributed by atoms with Gasteiger partial charge in [0.05, 0.1) is 0 Å². The Balaban J connectivity index is 1.91. The molecule has 0 aliphatic heterocycles. The summed E-state index contributed by atoms with van der Waals surface area (Å²) in [5, 5.41) is 1.88. The molecule has 0 saturated carbocycles. The van der Waals surface area contributed by atoms with Gasteiger partial charge in [0.1, 0.15) is 21.3 Å². The topological polar surface area (TPSA) is 31.4 Å². The highest BCUT2D eigenvalue weighted by Gasteiger charge is 2.34. The van der Waals surface area contributed by atoms with Crippen molar-refractivity contribution in [1.82, 2.24) is 4.98 Å². The van der Waals surface area contributed by atoms with Crippen molar-refractivity contribution in [3.8, 4) is 23.3 Å². The van der Waals surface area contributed by atoms with Gasteiger partial charge >= 0.3 is 12.4 Å². The third kappa shape index (κ3) is 4.61. The molecule has 0 unspecified atom stereocenters. The summed E-state index contributed by atoms with van der Waals surface area (Å²) in [6.07, 6.45) is -9.28. The van der Waals surface area contributed by atoms with Crippen molar-refractivity contribution in [1.29, 1.82) is 0 Å². The van der Waals surface area contributed by atoms with Crippen molar-refractivity contribution in [2.45, 2.75) is 19.3 Å². The van der Waals surface area contributed by atoms with Crippen LogP contribution in [0.15, 0.2) is 22.9 Å². The van der Waals surface area contributed by atoms with Crippen molar-refractivity contribution in [2.24, 2.45) is 0 Å². The van der Waals surface area contributed by atoms with Gasteiger partial charge in [0.2, 0.25) is 0 Å². The van der Waals surface area contributed by atoms with Crippen LogP contribution in [0, 0.1) is 18.6 Å². The SMILES string of the molecule is Cc1c(F)c(Oc2csc(C(F)(F)F)c2)nc(Oc2csc(C(F)(F)F)c2)c1F. The maximum Gasteiger partial charge on any atom is 0.425 e. The summed E-state index contributed by atoms with van der Waals surface area (Å²) in [5.74, 6) is -5.18. The summed E-state index contributed by atoms with van der Waals surface area (Å²) < 4.78 is 114. The van der Waals surface area contributed by atoms with Crippen molar-refractivity contribution in [2.75, 3.05) is 0 Å². The number of hydrogen-bond acceptors (Lipinski definition) is 5. The maximum absolute atomic E-state index is 14.2. The molecule has 3 aromatic rings. The highest BCUT2D eigenvalue weighted by molar-refractivity contribution is 7.10. The lowest BCUT2D eigenvalue weighted by Crippen LogP contribution is -2.03. The van der Waals surface area contributed by atoms with Crippen LogP contribution >= 0.6 is 22.7 Å². The van der Waals surface area contributed by atoms with E-state index in [-0.39, 0.29) is 0 Å². The van der Waals surface area contributed by atoms with Gasteiger partial charge in [0.25, 0.3) is 11.8 Å². The van der Waals surface area contributed by atoms with Gasteiger partial charge in [-0.05, 0) is 6.92 Å². The van der Waals surface area contributed by atoms with E-state index in [0.717, 1.165) is 17.7 Å². The van der Waals surface area contributed by atoms with Gasteiger partial charge in [-0.25, -0.2) is 8.78 Å². The molecule has 3 heterocycles. The van der Waals surface area contributed by atoms with Crippen LogP contribution in [0.1, 0.15) is 15.3 Å². The van der Waals surface area contributed by atoms with Gasteiger partial charge in [-0.15, -0.1) is 22.7 Å². The first-order chi connectivity index (χ1) is 13.4. The number of ether oxygens (including phenoxy) is 2. The smallest absolute Gasteiger partial charge is 0.425 e. The van der Waals surface area contributed by atoms with E-state index in [4.69, 9.17) is 9.47 Å². The molecule has 0 aromatic carbocycles. The molecule has 0 bridgehead atoms. The van der Waals surface area contributed by atoms with E-state index in [2.05, 4.69) is 4.98 Å². The van der Waals surface area contributed by atoms with Gasteiger partial charge in [0, 0.05) is 28.5 Å². The van der Waals surface area contributed by atoms with E-state index >= 15 is 0 Å². The first-order valence-electron chi connectivity index (χ1n) is 7.39. The average Bonchev–Trinajstić information content (AvgIpc) is 3.26. The summed E-state index contributed by atoms with van der Waals surface area (Å²) in [6.45, 7) is 0.982. The zero-order valence-corrected chi connectivity index (χ0v) is 15.5. The number of pyridine rings is 1. The molecule has 0 radical (unpaired) electrons. The molecule has 0 spiro atoms. The van der Waals surface area contributed by atoms with Gasteiger partial charge in [-0.1, -0.05) is 0 Å². The lowest BCUT2D eigenvalue weighted by atomic mass is 10.2. The van der Waals surface area contributed by atoms with Crippen LogP contribution in [0.5, 0.6) is 23.3 Å². The molecule has 0 fully saturated rings. The molecule has 0 N–H and O–H groups in total. The molecule has 0 aliphatic carbocycles. The zero-order chi connectivity index (χ0) is 21.6. The second kappa shape index (κ2) is 7.44. The Bertz CT molecular complexity index is 960. The number of nitrogens with zero attached hydrogens (tertiary/aromatic N) is 1. The largest absolute Gasteiger partial charge is 0.435 e. The number of alkyl halides is 6. The van der Waals surface area contributed by atoms with E-state index in [1.807, 2.05) is 0 Å². The fraction of sp³-hybridized carbons (Fsp3) is 0.188. The Hall–Kier alpha value is -2.41. The number of hydrogen-bond donors (Lipinski definition) is 0. The van der Waals surface area contributed by atoms with Crippen LogP contribution in [0.3, 0.4) is 0 Å². The Morgan fingerprint density at radius 1 is 0.759 bits per heavy atom. The summed E-state index contributed by atoms with van der Waals surface area (Å²) in [4.78, 5) is 1.39. The molecular weight excluding hydrogens is 454 g/mol. The van der Waals surface area contributed by atoms with Crippen molar-refractivity contribution in [3.05, 3.63) is 49.8 Å². The Morgan fingerprint density at radius 3 is 1.45 bits per heavy atom. The van der Waals surface area contributed by atoms with E-state index in [1.54, 1.807) is 0 Å². The first kappa shape index (κ1) is 21.3. The fourth-order valence-corrected chi connectivity index (χ4v) is 3.36. The molecule has 156 valence electrons. The van der Waals surface area contributed by atoms with Gasteiger partial charge < -0.3 is 9.47 Å². The van der Waals surface area contributed by atoms with Crippen LogP contribution in [0.25, 0.3) is 0 Å². The summed E-state index contributed by atoms with van der Waals surface area (Å²) >= 11 is 0.580. The van der Waals surface area contributed by atoms with Crippen LogP contribution in [-0.2, 0) is 12.4 Å². The minimum absolute atomic E-state index is 0.290. The van der Waals surface area contributed by atoms with E-state index < -0.39 is 62.6 Å². The second-order valence-electron chi connectivity index (χ2n) is 5.47. The molecule has 13 heteroatoms. The third-order valence-electron chi connectivity index (χ3n) is 3.38. The van der Waals surface area contributed by atoms with Crippen LogP contribution in [0.4, 0.5) is 35.1 Å². The second-order valence-corrected chi connectivity index (χ2v) is 7.29. The highest BCUT2D eigenvalue weighted by Crippen LogP contribution is 2.40. The molecule has 29 heavy (non-hydrogen) atoms. The maximum atomic E-state index is 14.2. The van der Waals surface area contributed by atoms with Gasteiger partial charge in [0.15, 0.2) is 11.6 Å². The standard InChI is InChI=1S/C16H7F8NO2S2/c1-6-11(17)13(26-7-2-9(28-4-7)15(19,20)21)25-14(12(6)18)27-8-3-10(29-5-8)16(22,23)24/h2-5H,1H3. The van der Waals surface area contributed by atoms with E-state index in [1.165, 1.54) is 0 Å². The minimum atomic E-state index is -4.64. The third-order valence-corrected chi connectivity index (χ3v) is 5.28. The van der Waals surface area contributed by atoms with E-state index in [9.17, 15) is 35.1 Å². The molecule has 3 rings (SSSR count). The highest BCUT2D eigenvalue weighted by atomic mass is 32.1. The Kier molecular flexibility index (Phi) is 5.47. The summed E-state index contributed by atoms with van der Waals surface area (Å²) in [7, 11) is 0.